The second-order valence-corrected chi connectivity index (χ2v) is 4.46. The first-order chi connectivity index (χ1) is 9.76. The maximum atomic E-state index is 13.6. The summed E-state index contributed by atoms with van der Waals surface area (Å²) in [5.74, 6) is -2.03. The quantitative estimate of drug-likeness (QED) is 0.631. The summed E-state index contributed by atoms with van der Waals surface area (Å²) in [4.78, 5) is 22.2. The number of halogens is 1. The van der Waals surface area contributed by atoms with E-state index in [-0.39, 0.29) is 11.4 Å². The molecule has 0 radical (unpaired) electrons. The van der Waals surface area contributed by atoms with E-state index >= 15 is 0 Å². The van der Waals surface area contributed by atoms with Gasteiger partial charge in [-0.1, -0.05) is 0 Å². The molecule has 0 aliphatic heterocycles. The number of nitrogens with one attached hydrogen (secondary N) is 2. The lowest BCUT2D eigenvalue weighted by Crippen LogP contribution is -2.47. The number of benzene rings is 1. The van der Waals surface area contributed by atoms with Crippen molar-refractivity contribution < 1.29 is 28.9 Å². The Morgan fingerprint density at radius 3 is 2.62 bits per heavy atom. The molecule has 116 valence electrons. The first-order valence-electron chi connectivity index (χ1n) is 6.19. The van der Waals surface area contributed by atoms with Gasteiger partial charge in [-0.15, -0.1) is 0 Å². The molecule has 2 amide bonds. The fourth-order valence-corrected chi connectivity index (χ4v) is 1.35. The van der Waals surface area contributed by atoms with Crippen LogP contribution in [0.3, 0.4) is 0 Å². The number of ether oxygens (including phenoxy) is 1. The Hall–Kier alpha value is -2.35. The van der Waals surface area contributed by atoms with Gasteiger partial charge in [0.2, 0.25) is 0 Å². The van der Waals surface area contributed by atoms with Crippen molar-refractivity contribution in [2.24, 2.45) is 0 Å². The zero-order valence-electron chi connectivity index (χ0n) is 11.6. The van der Waals surface area contributed by atoms with Crippen LogP contribution in [0.15, 0.2) is 18.2 Å². The fraction of sp³-hybridized carbons (Fsp3) is 0.385. The van der Waals surface area contributed by atoms with E-state index < -0.39 is 30.0 Å². The Labute approximate surface area is 120 Å². The molecule has 7 nitrogen and oxygen atoms in total. The number of amides is 2. The molecule has 1 rings (SSSR count). The van der Waals surface area contributed by atoms with Gasteiger partial charge in [-0.05, 0) is 26.0 Å². The topological polar surface area (TPSA) is 108 Å². The molecule has 1 unspecified atom stereocenters. The van der Waals surface area contributed by atoms with E-state index in [4.69, 9.17) is 9.84 Å². The van der Waals surface area contributed by atoms with E-state index in [0.29, 0.717) is 6.61 Å². The van der Waals surface area contributed by atoms with E-state index in [2.05, 4.69) is 10.6 Å². The summed E-state index contributed by atoms with van der Waals surface area (Å²) in [6.07, 6.45) is 0. The fourth-order valence-electron chi connectivity index (χ4n) is 1.35. The van der Waals surface area contributed by atoms with Crippen molar-refractivity contribution in [2.75, 3.05) is 18.5 Å². The summed E-state index contributed by atoms with van der Waals surface area (Å²) >= 11 is 0. The summed E-state index contributed by atoms with van der Waals surface area (Å²) in [7, 11) is 0. The molecule has 0 spiro atoms. The normalized spacial score (nSPS) is 13.1. The third kappa shape index (κ3) is 4.92. The maximum Gasteiger partial charge on any atom is 0.337 e. The Kier molecular flexibility index (Phi) is 5.48. The largest absolute Gasteiger partial charge is 0.491 e. The summed E-state index contributed by atoms with van der Waals surface area (Å²) in [5, 5.41) is 22.6. The van der Waals surface area contributed by atoms with Gasteiger partial charge in [-0.3, -0.25) is 0 Å². The predicted octanol–water partition coefficient (Wildman–Crippen LogP) is 1.18. The monoisotopic (exact) mass is 300 g/mol. The summed E-state index contributed by atoms with van der Waals surface area (Å²) in [6, 6.07) is 3.10. The summed E-state index contributed by atoms with van der Waals surface area (Å²) < 4.78 is 18.6. The molecule has 0 saturated heterocycles. The zero-order chi connectivity index (χ0) is 16.0. The minimum Gasteiger partial charge on any atom is -0.491 e. The lowest BCUT2D eigenvalue weighted by molar-refractivity contribution is -0.155. The first kappa shape index (κ1) is 16.7. The molecule has 0 saturated carbocycles. The van der Waals surface area contributed by atoms with Gasteiger partial charge in [0.1, 0.15) is 0 Å². The van der Waals surface area contributed by atoms with E-state index in [1.165, 1.54) is 12.1 Å². The number of carboxylic acids is 1. The highest BCUT2D eigenvalue weighted by Crippen LogP contribution is 2.21. The Balaban J connectivity index is 2.59. The van der Waals surface area contributed by atoms with Crippen molar-refractivity contribution in [2.45, 2.75) is 19.4 Å². The van der Waals surface area contributed by atoms with Crippen LogP contribution >= 0.6 is 0 Å². The molecule has 8 heteroatoms. The molecule has 0 aliphatic rings. The van der Waals surface area contributed by atoms with Crippen LogP contribution in [0.1, 0.15) is 13.8 Å². The number of aliphatic hydroxyl groups is 1. The number of hydrogen-bond donors (Lipinski definition) is 4. The van der Waals surface area contributed by atoms with Crippen molar-refractivity contribution in [3.05, 3.63) is 24.0 Å². The molecule has 21 heavy (non-hydrogen) atoms. The minimum absolute atomic E-state index is 0.0669. The Morgan fingerprint density at radius 2 is 2.10 bits per heavy atom. The van der Waals surface area contributed by atoms with Crippen LogP contribution in [0.25, 0.3) is 0 Å². The number of aliphatic carboxylic acids is 1. The second-order valence-electron chi connectivity index (χ2n) is 4.46. The number of hydrogen-bond acceptors (Lipinski definition) is 4. The maximum absolute atomic E-state index is 13.6. The molecular weight excluding hydrogens is 283 g/mol. The summed E-state index contributed by atoms with van der Waals surface area (Å²) in [5.41, 5.74) is -1.91. The first-order valence-corrected chi connectivity index (χ1v) is 6.19. The molecule has 1 atom stereocenters. The van der Waals surface area contributed by atoms with E-state index in [0.717, 1.165) is 13.0 Å². The van der Waals surface area contributed by atoms with Crippen LogP contribution in [0.5, 0.6) is 5.75 Å². The van der Waals surface area contributed by atoms with Crippen molar-refractivity contribution in [1.82, 2.24) is 5.32 Å². The predicted molar refractivity (Wildman–Crippen MR) is 72.9 cm³/mol. The van der Waals surface area contributed by atoms with Gasteiger partial charge in [-0.25, -0.2) is 14.0 Å². The number of carbonyl (C=O) groups is 2. The number of urea groups is 1. The molecular formula is C13H17FN2O5. The average molecular weight is 300 g/mol. The highest BCUT2D eigenvalue weighted by Gasteiger charge is 2.30. The van der Waals surface area contributed by atoms with Crippen LogP contribution in [0, 0.1) is 5.82 Å². The van der Waals surface area contributed by atoms with Crippen LogP contribution in [-0.2, 0) is 4.79 Å². The molecule has 1 aromatic rings. The van der Waals surface area contributed by atoms with E-state index in [1.54, 1.807) is 6.92 Å². The lowest BCUT2D eigenvalue weighted by atomic mass is 10.1. The molecule has 1 aromatic carbocycles. The van der Waals surface area contributed by atoms with Crippen molar-refractivity contribution >= 4 is 17.7 Å². The van der Waals surface area contributed by atoms with Crippen molar-refractivity contribution in [1.29, 1.82) is 0 Å². The van der Waals surface area contributed by atoms with Crippen LogP contribution in [0.2, 0.25) is 0 Å². The molecule has 0 heterocycles. The van der Waals surface area contributed by atoms with Crippen molar-refractivity contribution in [3.8, 4) is 5.75 Å². The van der Waals surface area contributed by atoms with Gasteiger partial charge < -0.3 is 25.6 Å². The third-order valence-corrected chi connectivity index (χ3v) is 2.54. The number of carbonyl (C=O) groups excluding carboxylic acids is 1. The van der Waals surface area contributed by atoms with Gasteiger partial charge in [0, 0.05) is 11.8 Å². The van der Waals surface area contributed by atoms with Gasteiger partial charge in [0.05, 0.1) is 13.2 Å². The zero-order valence-corrected chi connectivity index (χ0v) is 11.6. The molecule has 0 fully saturated rings. The van der Waals surface area contributed by atoms with Crippen LogP contribution in [-0.4, -0.2) is 41.0 Å². The van der Waals surface area contributed by atoms with Crippen molar-refractivity contribution in [3.63, 3.8) is 0 Å². The summed E-state index contributed by atoms with van der Waals surface area (Å²) in [6.45, 7) is 2.59. The highest BCUT2D eigenvalue weighted by atomic mass is 19.1. The Bertz CT molecular complexity index is 533. The SMILES string of the molecule is CCOc1ccc(NC(=O)NCC(C)(O)C(=O)O)cc1F. The minimum atomic E-state index is -2.08. The van der Waals surface area contributed by atoms with Gasteiger partial charge in [0.15, 0.2) is 17.2 Å². The smallest absolute Gasteiger partial charge is 0.337 e. The third-order valence-electron chi connectivity index (χ3n) is 2.54. The lowest BCUT2D eigenvalue weighted by Gasteiger charge is -2.18. The average Bonchev–Trinajstić information content (AvgIpc) is 2.40. The van der Waals surface area contributed by atoms with Gasteiger partial charge >= 0.3 is 12.0 Å². The van der Waals surface area contributed by atoms with Gasteiger partial charge in [-0.2, -0.15) is 0 Å². The number of rotatable bonds is 6. The number of carboxylic acid groups (broad SMARTS) is 1. The Morgan fingerprint density at radius 1 is 1.43 bits per heavy atom. The molecule has 4 N–H and O–H groups in total. The van der Waals surface area contributed by atoms with Gasteiger partial charge in [0.25, 0.3) is 0 Å². The highest BCUT2D eigenvalue weighted by molar-refractivity contribution is 5.90. The van der Waals surface area contributed by atoms with E-state index in [9.17, 15) is 19.1 Å². The molecule has 0 bridgehead atoms. The standard InChI is InChI=1S/C13H17FN2O5/c1-3-21-10-5-4-8(6-9(10)14)16-12(19)15-7-13(2,20)11(17)18/h4-6,20H,3,7H2,1-2H3,(H,17,18)(H2,15,16,19). The van der Waals surface area contributed by atoms with Crippen LogP contribution in [0.4, 0.5) is 14.9 Å². The van der Waals surface area contributed by atoms with Crippen LogP contribution < -0.4 is 15.4 Å². The van der Waals surface area contributed by atoms with E-state index in [1.807, 2.05) is 0 Å². The molecule has 0 aromatic heterocycles. The molecule has 0 aliphatic carbocycles. The number of anilines is 1. The second kappa shape index (κ2) is 6.89.